The van der Waals surface area contributed by atoms with E-state index < -0.39 is 27.8 Å². The van der Waals surface area contributed by atoms with Gasteiger partial charge in [-0.25, -0.2) is 18.6 Å². The number of benzene rings is 2. The van der Waals surface area contributed by atoms with Gasteiger partial charge in [-0.3, -0.25) is 9.69 Å². The number of likely N-dealkylation sites (N-methyl/N-ethyl adjacent to an activating group) is 1. The van der Waals surface area contributed by atoms with E-state index in [2.05, 4.69) is 25.9 Å². The number of hydrogen-bond donors (Lipinski definition) is 2. The molecule has 1 amide bonds. The van der Waals surface area contributed by atoms with E-state index in [1.54, 1.807) is 24.9 Å². The van der Waals surface area contributed by atoms with Crippen molar-refractivity contribution in [2.24, 2.45) is 0 Å². The molecule has 1 aromatic heterocycles. The second kappa shape index (κ2) is 12.8. The second-order valence-electron chi connectivity index (χ2n) is 10.5. The number of carbonyl (C=O) groups is 1. The van der Waals surface area contributed by atoms with Gasteiger partial charge in [0.25, 0.3) is 0 Å². The largest absolute Gasteiger partial charge is 0.491 e. The first-order valence-corrected chi connectivity index (χ1v) is 15.5. The Morgan fingerprint density at radius 1 is 1.19 bits per heavy atom. The number of alkyl halides is 3. The van der Waals surface area contributed by atoms with E-state index in [1.165, 1.54) is 18.6 Å². The number of aromatic nitrogens is 2. The number of nitrogens with one attached hydrogen (secondary N) is 2. The van der Waals surface area contributed by atoms with Crippen LogP contribution in [0.4, 0.5) is 34.8 Å². The van der Waals surface area contributed by atoms with E-state index in [4.69, 9.17) is 9.47 Å². The molecule has 0 saturated carbocycles. The molecular formula is C28H34F4N6O4S. The van der Waals surface area contributed by atoms with Gasteiger partial charge >= 0.3 is 6.18 Å². The molecule has 10 nitrogen and oxygen atoms in total. The van der Waals surface area contributed by atoms with Crippen molar-refractivity contribution in [3.63, 3.8) is 0 Å². The van der Waals surface area contributed by atoms with Crippen LogP contribution in [-0.2, 0) is 14.5 Å². The van der Waals surface area contributed by atoms with E-state index in [0.29, 0.717) is 54.0 Å². The van der Waals surface area contributed by atoms with Crippen molar-refractivity contribution in [1.82, 2.24) is 19.8 Å². The molecule has 2 aromatic carbocycles. The number of anilines is 3. The first-order chi connectivity index (χ1) is 20.1. The van der Waals surface area contributed by atoms with Gasteiger partial charge in [-0.15, -0.1) is 0 Å². The summed E-state index contributed by atoms with van der Waals surface area (Å²) >= 11 is 0. The van der Waals surface area contributed by atoms with Gasteiger partial charge in [0, 0.05) is 59.7 Å². The lowest BCUT2D eigenvalue weighted by Gasteiger charge is -2.31. The second-order valence-corrected chi connectivity index (χ2v) is 12.7. The number of aryl methyl sites for hydroxylation is 1. The predicted molar refractivity (Wildman–Crippen MR) is 159 cm³/mol. The molecule has 2 unspecified atom stereocenters. The Morgan fingerprint density at radius 2 is 1.93 bits per heavy atom. The Bertz CT molecular complexity index is 1600. The van der Waals surface area contributed by atoms with E-state index in [9.17, 15) is 26.6 Å². The third-order valence-corrected chi connectivity index (χ3v) is 7.46. The highest BCUT2D eigenvalue weighted by Crippen LogP contribution is 2.40. The number of hydrogen-bond acceptors (Lipinski definition) is 8. The Kier molecular flexibility index (Phi) is 9.54. The van der Waals surface area contributed by atoms with Crippen molar-refractivity contribution in [1.29, 1.82) is 0 Å². The Morgan fingerprint density at radius 3 is 2.60 bits per heavy atom. The van der Waals surface area contributed by atoms with Crippen LogP contribution < -0.4 is 19.5 Å². The Labute approximate surface area is 247 Å². The molecule has 2 N–H and O–H groups in total. The molecule has 2 atom stereocenters. The van der Waals surface area contributed by atoms with Crippen LogP contribution in [0.3, 0.4) is 0 Å². The van der Waals surface area contributed by atoms with Crippen LogP contribution in [0.5, 0.6) is 11.5 Å². The highest BCUT2D eigenvalue weighted by Gasteiger charge is 2.38. The van der Waals surface area contributed by atoms with Crippen molar-refractivity contribution in [3.05, 3.63) is 42.0 Å². The summed E-state index contributed by atoms with van der Waals surface area (Å²) < 4.78 is 80.3. The van der Waals surface area contributed by atoms with Crippen LogP contribution in [0.2, 0.25) is 0 Å². The Balaban J connectivity index is 1.65. The summed E-state index contributed by atoms with van der Waals surface area (Å²) in [5.41, 5.74) is 1.40. The van der Waals surface area contributed by atoms with Crippen LogP contribution >= 0.6 is 0 Å². The molecule has 2 heterocycles. The van der Waals surface area contributed by atoms with E-state index in [-0.39, 0.29) is 29.8 Å². The molecule has 15 heteroatoms. The zero-order valence-corrected chi connectivity index (χ0v) is 25.1. The molecule has 1 aliphatic heterocycles. The monoisotopic (exact) mass is 626 g/mol. The van der Waals surface area contributed by atoms with E-state index in [0.717, 1.165) is 25.6 Å². The zero-order valence-electron chi connectivity index (χ0n) is 24.3. The van der Waals surface area contributed by atoms with Crippen LogP contribution in [0.25, 0.3) is 10.9 Å². The third-order valence-electron chi connectivity index (χ3n) is 6.81. The number of piperazine rings is 1. The maximum absolute atomic E-state index is 14.0. The molecule has 1 saturated heterocycles. The molecule has 0 bridgehead atoms. The average Bonchev–Trinajstić information content (AvgIpc) is 2.90. The van der Waals surface area contributed by atoms with Gasteiger partial charge < -0.3 is 24.4 Å². The number of halogens is 4. The van der Waals surface area contributed by atoms with Gasteiger partial charge in [0.2, 0.25) is 5.91 Å². The maximum Gasteiger partial charge on any atom is 0.425 e. The fourth-order valence-corrected chi connectivity index (χ4v) is 5.14. The lowest BCUT2D eigenvalue weighted by Crippen LogP contribution is -2.48. The molecular weight excluding hydrogens is 592 g/mol. The summed E-state index contributed by atoms with van der Waals surface area (Å²) in [6.07, 6.45) is -3.57. The smallest absolute Gasteiger partial charge is 0.425 e. The third kappa shape index (κ3) is 8.16. The van der Waals surface area contributed by atoms with Gasteiger partial charge in [-0.05, 0) is 44.3 Å². The number of carbonyl (C=O) groups excluding carboxylic acids is 1. The number of nitrogens with zero attached hydrogens (tertiary/aromatic N) is 4. The molecule has 0 radical (unpaired) electrons. The van der Waals surface area contributed by atoms with Gasteiger partial charge in [-0.1, -0.05) is 0 Å². The molecule has 4 rings (SSSR count). The molecule has 234 valence electrons. The quantitative estimate of drug-likeness (QED) is 0.184. The first kappa shape index (κ1) is 32.1. The van der Waals surface area contributed by atoms with E-state index in [1.807, 2.05) is 4.90 Å². The minimum absolute atomic E-state index is 0.0534. The van der Waals surface area contributed by atoms with Gasteiger partial charge in [0.1, 0.15) is 29.5 Å². The van der Waals surface area contributed by atoms with E-state index >= 15 is 0 Å². The summed E-state index contributed by atoms with van der Waals surface area (Å²) in [6.45, 7) is 5.21. The fourth-order valence-electron chi connectivity index (χ4n) is 4.53. The summed E-state index contributed by atoms with van der Waals surface area (Å²) in [7, 11) is -0.948. The van der Waals surface area contributed by atoms with Crippen LogP contribution in [0.15, 0.2) is 30.6 Å². The minimum atomic E-state index is -4.66. The predicted octanol–water partition coefficient (Wildman–Crippen LogP) is 4.37. The summed E-state index contributed by atoms with van der Waals surface area (Å²) in [5, 5.41) is 3.43. The molecule has 0 spiro atoms. The standard InChI is InChI=1S/C28H34F4N6O4S/c1-17-25-21(33-16-34-27(25)35-20-8-7-19(29)13-23(20)42-18(2)28(30,31)32)14-22(36-43(4,5)40)26(17)41-12-6-9-38-11-10-37(3)24(39)15-38/h7-8,13-14,16,18H,4,6,9-12,15H2,1-3,5H3,(H,36,40)(H,33,34,35). The zero-order chi connectivity index (χ0) is 31.5. The van der Waals surface area contributed by atoms with Crippen molar-refractivity contribution in [2.75, 3.05) is 56.1 Å². The topological polar surface area (TPSA) is 109 Å². The summed E-state index contributed by atoms with van der Waals surface area (Å²) in [4.78, 5) is 24.4. The number of fused-ring (bicyclic) bond motifs is 1. The number of rotatable bonds is 11. The number of amides is 1. The van der Waals surface area contributed by atoms with Gasteiger partial charge in [0.15, 0.2) is 6.10 Å². The fraction of sp³-hybridized carbons (Fsp3) is 0.429. The van der Waals surface area contributed by atoms with Gasteiger partial charge in [0.05, 0.1) is 30.0 Å². The van der Waals surface area contributed by atoms with Crippen LogP contribution in [-0.4, -0.2) is 94.1 Å². The SMILES string of the molecule is C=S(C)(=O)Nc1cc2ncnc(Nc3ccc(F)cc3OC(C)C(F)(F)F)c2c(C)c1OCCCN1CCN(C)C(=O)C1. The molecule has 1 fully saturated rings. The van der Waals surface area contributed by atoms with Crippen molar-refractivity contribution in [2.45, 2.75) is 32.5 Å². The molecule has 43 heavy (non-hydrogen) atoms. The highest BCUT2D eigenvalue weighted by atomic mass is 32.2. The maximum atomic E-state index is 14.0. The highest BCUT2D eigenvalue weighted by molar-refractivity contribution is 8.00. The molecule has 1 aliphatic rings. The normalized spacial score (nSPS) is 16.6. The summed E-state index contributed by atoms with van der Waals surface area (Å²) in [5.74, 6) is 3.16. The summed E-state index contributed by atoms with van der Waals surface area (Å²) in [6, 6.07) is 4.81. The number of ether oxygens (including phenoxy) is 2. The van der Waals surface area contributed by atoms with Crippen molar-refractivity contribution < 1.29 is 36.0 Å². The lowest BCUT2D eigenvalue weighted by molar-refractivity contribution is -0.189. The van der Waals surface area contributed by atoms with Crippen LogP contribution in [0, 0.1) is 12.7 Å². The Hall–Kier alpha value is -3.85. The van der Waals surface area contributed by atoms with Crippen LogP contribution in [0.1, 0.15) is 18.9 Å². The minimum Gasteiger partial charge on any atom is -0.491 e. The molecule has 3 aromatic rings. The lowest BCUT2D eigenvalue weighted by atomic mass is 10.1. The van der Waals surface area contributed by atoms with Crippen molar-refractivity contribution in [3.8, 4) is 11.5 Å². The first-order valence-electron chi connectivity index (χ1n) is 13.4. The average molecular weight is 627 g/mol. The van der Waals surface area contributed by atoms with Crippen molar-refractivity contribution >= 4 is 49.6 Å². The molecule has 0 aliphatic carbocycles. The van der Waals surface area contributed by atoms with Gasteiger partial charge in [-0.2, -0.15) is 13.2 Å².